The van der Waals surface area contributed by atoms with Crippen LogP contribution >= 0.6 is 0 Å². The van der Waals surface area contributed by atoms with Gasteiger partial charge in [0.2, 0.25) is 0 Å². The van der Waals surface area contributed by atoms with Gasteiger partial charge in [0.1, 0.15) is 11.6 Å². The maximum Gasteiger partial charge on any atom is 0.422 e. The van der Waals surface area contributed by atoms with Crippen molar-refractivity contribution in [2.75, 3.05) is 11.9 Å². The Morgan fingerprint density at radius 2 is 1.71 bits per heavy atom. The second-order valence-electron chi connectivity index (χ2n) is 2.97. The Hall–Kier alpha value is -1.86. The average molecular weight is 255 g/mol. The molecule has 0 saturated carbocycles. The quantitative estimate of drug-likeness (QED) is 0.825. The van der Waals surface area contributed by atoms with E-state index in [0.29, 0.717) is 6.07 Å². The van der Waals surface area contributed by atoms with Gasteiger partial charge in [-0.3, -0.25) is 5.32 Å². The van der Waals surface area contributed by atoms with Crippen LogP contribution in [0.2, 0.25) is 0 Å². The summed E-state index contributed by atoms with van der Waals surface area (Å²) in [6.07, 6.45) is -6.11. The molecule has 1 aromatic carbocycles. The first-order chi connectivity index (χ1) is 7.76. The minimum Gasteiger partial charge on any atom is -0.440 e. The zero-order valence-corrected chi connectivity index (χ0v) is 8.15. The predicted molar refractivity (Wildman–Crippen MR) is 47.4 cm³/mol. The van der Waals surface area contributed by atoms with Gasteiger partial charge >= 0.3 is 12.3 Å². The summed E-state index contributed by atoms with van der Waals surface area (Å²) >= 11 is 0. The molecule has 0 bridgehead atoms. The third-order valence-corrected chi connectivity index (χ3v) is 1.48. The summed E-state index contributed by atoms with van der Waals surface area (Å²) in [6.45, 7) is -1.78. The molecular formula is C9H6F5NO2. The first-order valence-corrected chi connectivity index (χ1v) is 4.23. The molecule has 0 radical (unpaired) electrons. The van der Waals surface area contributed by atoms with Gasteiger partial charge in [0.15, 0.2) is 6.61 Å². The number of halogens is 5. The van der Waals surface area contributed by atoms with Gasteiger partial charge in [0.05, 0.1) is 0 Å². The van der Waals surface area contributed by atoms with Crippen LogP contribution in [-0.2, 0) is 4.74 Å². The summed E-state index contributed by atoms with van der Waals surface area (Å²) in [5, 5.41) is 1.76. The van der Waals surface area contributed by atoms with Crippen LogP contribution in [-0.4, -0.2) is 18.9 Å². The van der Waals surface area contributed by atoms with E-state index in [9.17, 15) is 26.7 Å². The molecule has 0 aliphatic heterocycles. The third kappa shape index (κ3) is 5.14. The van der Waals surface area contributed by atoms with E-state index in [1.807, 2.05) is 0 Å². The van der Waals surface area contributed by atoms with Crippen molar-refractivity contribution >= 4 is 11.8 Å². The van der Waals surface area contributed by atoms with E-state index in [1.165, 1.54) is 0 Å². The lowest BCUT2D eigenvalue weighted by Gasteiger charge is -2.09. The van der Waals surface area contributed by atoms with Crippen LogP contribution < -0.4 is 5.32 Å². The maximum absolute atomic E-state index is 12.6. The normalized spacial score (nSPS) is 11.1. The Kier molecular flexibility index (Phi) is 3.87. The molecule has 0 aromatic heterocycles. The van der Waals surface area contributed by atoms with Crippen molar-refractivity contribution in [1.82, 2.24) is 0 Å². The van der Waals surface area contributed by atoms with Crippen molar-refractivity contribution in [2.24, 2.45) is 0 Å². The van der Waals surface area contributed by atoms with Gasteiger partial charge in [-0.05, 0) is 12.1 Å². The summed E-state index contributed by atoms with van der Waals surface area (Å²) in [4.78, 5) is 10.8. The Labute approximate surface area is 92.2 Å². The molecule has 0 aliphatic rings. The van der Waals surface area contributed by atoms with Gasteiger partial charge in [-0.1, -0.05) is 0 Å². The molecule has 0 saturated heterocycles. The van der Waals surface area contributed by atoms with Crippen molar-refractivity contribution in [2.45, 2.75) is 6.18 Å². The van der Waals surface area contributed by atoms with Crippen LogP contribution in [0.3, 0.4) is 0 Å². The Bertz CT molecular complexity index is 398. The highest BCUT2D eigenvalue weighted by Gasteiger charge is 2.29. The Morgan fingerprint density at radius 3 is 2.18 bits per heavy atom. The van der Waals surface area contributed by atoms with Crippen molar-refractivity contribution in [3.05, 3.63) is 29.8 Å². The molecule has 0 aliphatic carbocycles. The maximum atomic E-state index is 12.6. The van der Waals surface area contributed by atoms with E-state index < -0.39 is 30.5 Å². The van der Waals surface area contributed by atoms with Crippen LogP contribution in [0.5, 0.6) is 0 Å². The number of nitrogens with one attached hydrogen (secondary N) is 1. The summed E-state index contributed by atoms with van der Waals surface area (Å²) in [5.41, 5.74) is -0.338. The Balaban J connectivity index is 2.56. The molecule has 17 heavy (non-hydrogen) atoms. The number of amides is 1. The van der Waals surface area contributed by atoms with Gasteiger partial charge in [-0.25, -0.2) is 13.6 Å². The fourth-order valence-corrected chi connectivity index (χ4v) is 0.927. The minimum absolute atomic E-state index is 0.338. The summed E-state index contributed by atoms with van der Waals surface area (Å²) in [6, 6.07) is 2.02. The molecule has 0 fully saturated rings. The summed E-state index contributed by atoms with van der Waals surface area (Å²) in [7, 11) is 0. The number of carbonyl (C=O) groups is 1. The van der Waals surface area contributed by atoms with Gasteiger partial charge in [-0.15, -0.1) is 0 Å². The molecule has 0 unspecified atom stereocenters. The number of hydrogen-bond acceptors (Lipinski definition) is 2. The lowest BCUT2D eigenvalue weighted by Crippen LogP contribution is -2.23. The molecule has 0 atom stereocenters. The van der Waals surface area contributed by atoms with E-state index >= 15 is 0 Å². The van der Waals surface area contributed by atoms with Crippen molar-refractivity contribution in [1.29, 1.82) is 0 Å². The zero-order chi connectivity index (χ0) is 13.1. The molecule has 0 heterocycles. The molecule has 1 aromatic rings. The molecule has 3 nitrogen and oxygen atoms in total. The zero-order valence-electron chi connectivity index (χ0n) is 8.15. The van der Waals surface area contributed by atoms with E-state index in [2.05, 4.69) is 4.74 Å². The first-order valence-electron chi connectivity index (χ1n) is 4.23. The molecule has 8 heteroatoms. The largest absolute Gasteiger partial charge is 0.440 e. The predicted octanol–water partition coefficient (Wildman–Crippen LogP) is 3.08. The van der Waals surface area contributed by atoms with Gasteiger partial charge in [0.25, 0.3) is 0 Å². The van der Waals surface area contributed by atoms with Gasteiger partial charge < -0.3 is 4.74 Å². The molecule has 94 valence electrons. The minimum atomic E-state index is -4.66. The number of hydrogen-bond donors (Lipinski definition) is 1. The average Bonchev–Trinajstić information content (AvgIpc) is 2.11. The van der Waals surface area contributed by atoms with E-state index in [1.54, 1.807) is 5.32 Å². The number of benzene rings is 1. The number of rotatable bonds is 2. The molecule has 1 rings (SSSR count). The van der Waals surface area contributed by atoms with Gasteiger partial charge in [0, 0.05) is 11.8 Å². The van der Waals surface area contributed by atoms with Crippen molar-refractivity contribution in [3.8, 4) is 0 Å². The number of carbonyl (C=O) groups excluding carboxylic acids is 1. The summed E-state index contributed by atoms with van der Waals surface area (Å²) in [5.74, 6) is -1.95. The third-order valence-electron chi connectivity index (χ3n) is 1.48. The molecule has 1 N–H and O–H groups in total. The highest BCUT2D eigenvalue weighted by Crippen LogP contribution is 2.16. The SMILES string of the molecule is O=C(Nc1cc(F)cc(F)c1)OCC(F)(F)F. The lowest BCUT2D eigenvalue weighted by atomic mass is 10.3. The smallest absolute Gasteiger partial charge is 0.422 e. The first kappa shape index (κ1) is 13.2. The van der Waals surface area contributed by atoms with Gasteiger partial charge in [-0.2, -0.15) is 13.2 Å². The highest BCUT2D eigenvalue weighted by molar-refractivity contribution is 5.84. The van der Waals surface area contributed by atoms with E-state index in [0.717, 1.165) is 12.1 Å². The second kappa shape index (κ2) is 4.98. The fourth-order valence-electron chi connectivity index (χ4n) is 0.927. The molecular weight excluding hydrogens is 249 g/mol. The Morgan fingerprint density at radius 1 is 1.18 bits per heavy atom. The number of anilines is 1. The highest BCUT2D eigenvalue weighted by atomic mass is 19.4. The van der Waals surface area contributed by atoms with Crippen LogP contribution in [0.4, 0.5) is 32.4 Å². The van der Waals surface area contributed by atoms with Crippen LogP contribution in [0.15, 0.2) is 18.2 Å². The fraction of sp³-hybridized carbons (Fsp3) is 0.222. The number of ether oxygens (including phenoxy) is 1. The number of alkyl halides is 3. The molecule has 0 spiro atoms. The topological polar surface area (TPSA) is 38.3 Å². The monoisotopic (exact) mass is 255 g/mol. The lowest BCUT2D eigenvalue weighted by molar-refractivity contribution is -0.159. The van der Waals surface area contributed by atoms with E-state index in [4.69, 9.17) is 0 Å². The second-order valence-corrected chi connectivity index (χ2v) is 2.97. The molecule has 1 amide bonds. The standard InChI is InChI=1S/C9H6F5NO2/c10-5-1-6(11)3-7(2-5)15-8(16)17-4-9(12,13)14/h1-3H,4H2,(H,15,16). The van der Waals surface area contributed by atoms with Crippen molar-refractivity contribution in [3.63, 3.8) is 0 Å². The van der Waals surface area contributed by atoms with Crippen LogP contribution in [0.25, 0.3) is 0 Å². The van der Waals surface area contributed by atoms with Crippen molar-refractivity contribution < 1.29 is 31.5 Å². The van der Waals surface area contributed by atoms with Crippen LogP contribution in [0, 0.1) is 11.6 Å². The summed E-state index contributed by atoms with van der Waals surface area (Å²) < 4.78 is 64.0. The van der Waals surface area contributed by atoms with Crippen LogP contribution in [0.1, 0.15) is 0 Å². The van der Waals surface area contributed by atoms with E-state index in [-0.39, 0.29) is 5.69 Å².